The number of aliphatic hydroxyl groups excluding tert-OH is 1. The quantitative estimate of drug-likeness (QED) is 0.517. The number of hydrogen-bond acceptors (Lipinski definition) is 7. The van der Waals surface area contributed by atoms with Crippen molar-refractivity contribution in [3.63, 3.8) is 0 Å². The molecule has 0 saturated carbocycles. The Kier molecular flexibility index (Phi) is 5.97. The van der Waals surface area contributed by atoms with Gasteiger partial charge in [0.2, 0.25) is 10.0 Å². The first-order valence-corrected chi connectivity index (χ1v) is 8.83. The van der Waals surface area contributed by atoms with Crippen LogP contribution in [0.1, 0.15) is 5.56 Å². The lowest BCUT2D eigenvalue weighted by Crippen LogP contribution is -2.39. The lowest BCUT2D eigenvalue weighted by molar-refractivity contribution is -0.396. The third kappa shape index (κ3) is 4.59. The number of rotatable bonds is 8. The van der Waals surface area contributed by atoms with Gasteiger partial charge in [-0.15, -0.1) is 0 Å². The molecule has 10 nitrogen and oxygen atoms in total. The minimum absolute atomic E-state index is 0.164. The maximum absolute atomic E-state index is 12.5. The first-order valence-electron chi connectivity index (χ1n) is 7.34. The first-order chi connectivity index (χ1) is 12.2. The Morgan fingerprint density at radius 1 is 1.04 bits per heavy atom. The van der Waals surface area contributed by atoms with E-state index in [2.05, 4.69) is 4.72 Å². The molecule has 2 N–H and O–H groups in total. The highest BCUT2D eigenvalue weighted by Gasteiger charge is 2.30. The molecule has 0 aliphatic carbocycles. The van der Waals surface area contributed by atoms with Crippen molar-refractivity contribution in [3.05, 3.63) is 74.3 Å². The van der Waals surface area contributed by atoms with Crippen LogP contribution in [0.2, 0.25) is 0 Å². The van der Waals surface area contributed by atoms with Gasteiger partial charge in [0.1, 0.15) is 0 Å². The number of nitro benzene ring substituents is 2. The van der Waals surface area contributed by atoms with Crippen molar-refractivity contribution in [1.82, 2.24) is 4.72 Å². The SMILES string of the molecule is O=[N+]([O-])c1ccc(S(=O)(=O)N[C@H](CO)Cc2ccccc2)c([N+](=O)[O-])c1. The van der Waals surface area contributed by atoms with Crippen LogP contribution in [-0.2, 0) is 16.4 Å². The Balaban J connectivity index is 2.33. The largest absolute Gasteiger partial charge is 0.395 e. The van der Waals surface area contributed by atoms with E-state index >= 15 is 0 Å². The zero-order valence-electron chi connectivity index (χ0n) is 13.3. The molecule has 26 heavy (non-hydrogen) atoms. The highest BCUT2D eigenvalue weighted by atomic mass is 32.2. The van der Waals surface area contributed by atoms with Gasteiger partial charge < -0.3 is 5.11 Å². The summed E-state index contributed by atoms with van der Waals surface area (Å²) in [5.74, 6) is 0. The molecule has 0 heterocycles. The zero-order valence-corrected chi connectivity index (χ0v) is 14.1. The number of aliphatic hydroxyl groups is 1. The summed E-state index contributed by atoms with van der Waals surface area (Å²) in [6.45, 7) is -0.533. The minimum atomic E-state index is -4.38. The molecule has 2 rings (SSSR count). The average molecular weight is 381 g/mol. The van der Waals surface area contributed by atoms with Gasteiger partial charge in [-0.3, -0.25) is 20.2 Å². The molecule has 2 aromatic rings. The second-order valence-corrected chi connectivity index (χ2v) is 7.04. The minimum Gasteiger partial charge on any atom is -0.395 e. The normalized spacial score (nSPS) is 12.5. The van der Waals surface area contributed by atoms with Gasteiger partial charge in [0.05, 0.1) is 22.5 Å². The maximum atomic E-state index is 12.5. The second-order valence-electron chi connectivity index (χ2n) is 5.36. The highest BCUT2D eigenvalue weighted by Crippen LogP contribution is 2.28. The molecule has 1 atom stereocenters. The fourth-order valence-corrected chi connectivity index (χ4v) is 3.69. The van der Waals surface area contributed by atoms with Crippen molar-refractivity contribution in [2.24, 2.45) is 0 Å². The van der Waals surface area contributed by atoms with Gasteiger partial charge in [0, 0.05) is 12.1 Å². The van der Waals surface area contributed by atoms with E-state index in [0.717, 1.165) is 17.7 Å². The molecule has 0 bridgehead atoms. The van der Waals surface area contributed by atoms with Crippen molar-refractivity contribution in [3.8, 4) is 0 Å². The van der Waals surface area contributed by atoms with Gasteiger partial charge in [-0.05, 0) is 18.1 Å². The number of non-ortho nitro benzene ring substituents is 1. The van der Waals surface area contributed by atoms with Crippen LogP contribution in [0.5, 0.6) is 0 Å². The standard InChI is InChI=1S/C15H15N3O7S/c19-10-12(8-11-4-2-1-3-5-11)16-26(24,25)15-7-6-13(17(20)21)9-14(15)18(22)23/h1-7,9,12,16,19H,8,10H2/t12-/m0/s1. The van der Waals surface area contributed by atoms with Crippen LogP contribution in [0.4, 0.5) is 11.4 Å². The van der Waals surface area contributed by atoms with Crippen LogP contribution in [0.15, 0.2) is 53.4 Å². The van der Waals surface area contributed by atoms with E-state index in [9.17, 15) is 33.8 Å². The lowest BCUT2D eigenvalue weighted by Gasteiger charge is -2.16. The number of nitro groups is 2. The summed E-state index contributed by atoms with van der Waals surface area (Å²) in [5, 5.41) is 31.3. The van der Waals surface area contributed by atoms with Crippen molar-refractivity contribution < 1.29 is 23.4 Å². The third-order valence-corrected chi connectivity index (χ3v) is 5.07. The molecule has 0 fully saturated rings. The van der Waals surface area contributed by atoms with E-state index in [-0.39, 0.29) is 6.42 Å². The van der Waals surface area contributed by atoms with E-state index in [4.69, 9.17) is 0 Å². The van der Waals surface area contributed by atoms with Crippen LogP contribution in [-0.4, -0.2) is 36.0 Å². The molecule has 0 saturated heterocycles. The van der Waals surface area contributed by atoms with Crippen LogP contribution in [0, 0.1) is 20.2 Å². The predicted molar refractivity (Wildman–Crippen MR) is 91.1 cm³/mol. The van der Waals surface area contributed by atoms with E-state index in [1.165, 1.54) is 0 Å². The van der Waals surface area contributed by atoms with Gasteiger partial charge >= 0.3 is 0 Å². The topological polar surface area (TPSA) is 153 Å². The molecule has 2 aromatic carbocycles. The van der Waals surface area contributed by atoms with Crippen LogP contribution in [0.3, 0.4) is 0 Å². The second kappa shape index (κ2) is 7.99. The fraction of sp³-hybridized carbons (Fsp3) is 0.200. The van der Waals surface area contributed by atoms with Gasteiger partial charge in [-0.1, -0.05) is 30.3 Å². The Morgan fingerprint density at radius 2 is 1.69 bits per heavy atom. The molecule has 0 radical (unpaired) electrons. The summed E-state index contributed by atoms with van der Waals surface area (Å²) in [6, 6.07) is 10.1. The van der Waals surface area contributed by atoms with E-state index in [1.54, 1.807) is 30.3 Å². The summed E-state index contributed by atoms with van der Waals surface area (Å²) in [6.07, 6.45) is 0.164. The number of sulfonamides is 1. The van der Waals surface area contributed by atoms with Gasteiger partial charge in [0.25, 0.3) is 11.4 Å². The molecule has 0 aromatic heterocycles. The molecule has 0 amide bonds. The first kappa shape index (κ1) is 19.4. The smallest absolute Gasteiger partial charge is 0.296 e. The van der Waals surface area contributed by atoms with Gasteiger partial charge in [-0.25, -0.2) is 13.1 Å². The van der Waals surface area contributed by atoms with E-state index < -0.39 is 48.8 Å². The summed E-state index contributed by atoms with van der Waals surface area (Å²) in [5.41, 5.74) is -0.755. The fourth-order valence-electron chi connectivity index (χ4n) is 2.31. The Hall–Kier alpha value is -2.89. The predicted octanol–water partition coefficient (Wildman–Crippen LogP) is 1.38. The average Bonchev–Trinajstić information content (AvgIpc) is 2.61. The Morgan fingerprint density at radius 3 is 2.23 bits per heavy atom. The monoisotopic (exact) mass is 381 g/mol. The van der Waals surface area contributed by atoms with Crippen LogP contribution in [0.25, 0.3) is 0 Å². The molecule has 0 aliphatic heterocycles. The number of nitrogens with zero attached hydrogens (tertiary/aromatic N) is 2. The van der Waals surface area contributed by atoms with Crippen molar-refractivity contribution in [1.29, 1.82) is 0 Å². The molecule has 0 aliphatic rings. The summed E-state index contributed by atoms with van der Waals surface area (Å²) in [4.78, 5) is 19.3. The Bertz CT molecular complexity index is 916. The van der Waals surface area contributed by atoms with Crippen molar-refractivity contribution >= 4 is 21.4 Å². The van der Waals surface area contributed by atoms with Crippen LogP contribution >= 0.6 is 0 Å². The number of benzene rings is 2. The van der Waals surface area contributed by atoms with Gasteiger partial charge in [0.15, 0.2) is 4.90 Å². The van der Waals surface area contributed by atoms with Crippen molar-refractivity contribution in [2.75, 3.05) is 6.61 Å². The summed E-state index contributed by atoms with van der Waals surface area (Å²) in [7, 11) is -4.38. The van der Waals surface area contributed by atoms with Gasteiger partial charge in [-0.2, -0.15) is 0 Å². The molecule has 0 unspecified atom stereocenters. The lowest BCUT2D eigenvalue weighted by atomic mass is 10.1. The number of hydrogen-bond donors (Lipinski definition) is 2. The van der Waals surface area contributed by atoms with E-state index in [0.29, 0.717) is 6.07 Å². The molecular weight excluding hydrogens is 366 g/mol. The number of nitrogens with one attached hydrogen (secondary N) is 1. The summed E-state index contributed by atoms with van der Waals surface area (Å²) >= 11 is 0. The maximum Gasteiger partial charge on any atom is 0.296 e. The van der Waals surface area contributed by atoms with Crippen LogP contribution < -0.4 is 4.72 Å². The molecule has 0 spiro atoms. The highest BCUT2D eigenvalue weighted by molar-refractivity contribution is 7.89. The van der Waals surface area contributed by atoms with Crippen molar-refractivity contribution in [2.45, 2.75) is 17.4 Å². The molecule has 11 heteroatoms. The molecular formula is C15H15N3O7S. The Labute approximate surface area is 148 Å². The molecule has 138 valence electrons. The third-order valence-electron chi connectivity index (χ3n) is 3.51. The zero-order chi connectivity index (χ0) is 19.3. The van der Waals surface area contributed by atoms with E-state index in [1.807, 2.05) is 0 Å². The summed E-state index contributed by atoms with van der Waals surface area (Å²) < 4.78 is 27.2.